The summed E-state index contributed by atoms with van der Waals surface area (Å²) in [5.41, 5.74) is 0.702. The minimum atomic E-state index is 0.0330. The minimum absolute atomic E-state index is 0.0330. The predicted molar refractivity (Wildman–Crippen MR) is 85.9 cm³/mol. The quantitative estimate of drug-likeness (QED) is 0.872. The molecule has 1 aromatic heterocycles. The molecule has 1 aliphatic heterocycles. The van der Waals surface area contributed by atoms with Crippen LogP contribution in [0.25, 0.3) is 10.9 Å². The molecule has 0 amide bonds. The van der Waals surface area contributed by atoms with E-state index in [2.05, 4.69) is 16.8 Å². The van der Waals surface area contributed by atoms with E-state index in [0.717, 1.165) is 32.6 Å². The smallest absolute Gasteiger partial charge is 0.261 e. The molecular formula is C16H20ClN3O. The predicted octanol–water partition coefficient (Wildman–Crippen LogP) is 2.78. The van der Waals surface area contributed by atoms with Gasteiger partial charge in [0.25, 0.3) is 5.56 Å². The van der Waals surface area contributed by atoms with Crippen LogP contribution in [0, 0.1) is 5.92 Å². The van der Waals surface area contributed by atoms with Gasteiger partial charge in [0.2, 0.25) is 0 Å². The van der Waals surface area contributed by atoms with Gasteiger partial charge in [-0.05, 0) is 50.0 Å². The van der Waals surface area contributed by atoms with Gasteiger partial charge in [-0.15, -0.1) is 0 Å². The maximum absolute atomic E-state index is 12.5. The highest BCUT2D eigenvalue weighted by Crippen LogP contribution is 2.18. The first-order valence-electron chi connectivity index (χ1n) is 7.54. The summed E-state index contributed by atoms with van der Waals surface area (Å²) in [5.74, 6) is 0.542. The van der Waals surface area contributed by atoms with E-state index in [-0.39, 0.29) is 5.56 Å². The van der Waals surface area contributed by atoms with E-state index in [0.29, 0.717) is 21.8 Å². The molecular weight excluding hydrogens is 286 g/mol. The maximum atomic E-state index is 12.5. The zero-order valence-electron chi connectivity index (χ0n) is 12.3. The van der Waals surface area contributed by atoms with Crippen molar-refractivity contribution in [2.24, 2.45) is 5.92 Å². The van der Waals surface area contributed by atoms with Gasteiger partial charge in [-0.25, -0.2) is 4.98 Å². The molecule has 112 valence electrons. The zero-order valence-corrected chi connectivity index (χ0v) is 13.0. The summed E-state index contributed by atoms with van der Waals surface area (Å²) in [7, 11) is 0. The molecule has 4 nitrogen and oxygen atoms in total. The van der Waals surface area contributed by atoms with Crippen LogP contribution in [-0.2, 0) is 6.54 Å². The lowest BCUT2D eigenvalue weighted by Gasteiger charge is -2.15. The van der Waals surface area contributed by atoms with Crippen LogP contribution in [0.1, 0.15) is 19.8 Å². The van der Waals surface area contributed by atoms with Gasteiger partial charge in [-0.3, -0.25) is 9.36 Å². The Morgan fingerprint density at radius 1 is 1.43 bits per heavy atom. The molecule has 2 heterocycles. The fourth-order valence-corrected chi connectivity index (χ4v) is 3.29. The second-order valence-electron chi connectivity index (χ2n) is 5.82. The lowest BCUT2D eigenvalue weighted by Crippen LogP contribution is -2.27. The summed E-state index contributed by atoms with van der Waals surface area (Å²) in [6.07, 6.45) is 4.00. The van der Waals surface area contributed by atoms with Crippen molar-refractivity contribution in [3.05, 3.63) is 39.9 Å². The minimum Gasteiger partial charge on any atom is -0.303 e. The Morgan fingerprint density at radius 2 is 2.29 bits per heavy atom. The molecule has 0 bridgehead atoms. The highest BCUT2D eigenvalue weighted by Gasteiger charge is 2.22. The van der Waals surface area contributed by atoms with Crippen LogP contribution < -0.4 is 5.56 Å². The van der Waals surface area contributed by atoms with Gasteiger partial charge in [0.1, 0.15) is 0 Å². The zero-order chi connectivity index (χ0) is 14.8. The lowest BCUT2D eigenvalue weighted by molar-refractivity contribution is 0.316. The Morgan fingerprint density at radius 3 is 3.10 bits per heavy atom. The standard InChI is InChI=1S/C16H20ClN3O/c1-2-6-19-7-5-12(9-19)10-20-11-18-15-8-13(17)3-4-14(15)16(20)21/h3-4,8,11-12H,2,5-7,9-10H2,1H3. The fraction of sp³-hybridized carbons (Fsp3) is 0.500. The number of hydrogen-bond donors (Lipinski definition) is 0. The molecule has 1 atom stereocenters. The molecule has 3 rings (SSSR count). The van der Waals surface area contributed by atoms with Crippen LogP contribution >= 0.6 is 11.6 Å². The average Bonchev–Trinajstić information content (AvgIpc) is 2.90. The molecule has 0 N–H and O–H groups in total. The van der Waals surface area contributed by atoms with Gasteiger partial charge < -0.3 is 4.90 Å². The second-order valence-corrected chi connectivity index (χ2v) is 6.26. The van der Waals surface area contributed by atoms with Crippen LogP contribution in [0.5, 0.6) is 0 Å². The van der Waals surface area contributed by atoms with Crippen molar-refractivity contribution in [3.8, 4) is 0 Å². The summed E-state index contributed by atoms with van der Waals surface area (Å²) >= 11 is 5.94. The Hall–Kier alpha value is -1.39. The van der Waals surface area contributed by atoms with Crippen LogP contribution in [-0.4, -0.2) is 34.1 Å². The number of nitrogens with zero attached hydrogens (tertiary/aromatic N) is 3. The van der Waals surface area contributed by atoms with Crippen molar-refractivity contribution >= 4 is 22.5 Å². The van der Waals surface area contributed by atoms with Crippen molar-refractivity contribution in [3.63, 3.8) is 0 Å². The maximum Gasteiger partial charge on any atom is 0.261 e. The summed E-state index contributed by atoms with van der Waals surface area (Å²) in [6, 6.07) is 5.25. The molecule has 0 aliphatic carbocycles. The van der Waals surface area contributed by atoms with E-state index < -0.39 is 0 Å². The molecule has 1 saturated heterocycles. The highest BCUT2D eigenvalue weighted by molar-refractivity contribution is 6.31. The third-order valence-corrected chi connectivity index (χ3v) is 4.39. The third-order valence-electron chi connectivity index (χ3n) is 4.15. The van der Waals surface area contributed by atoms with Gasteiger partial charge in [0.05, 0.1) is 17.2 Å². The molecule has 1 unspecified atom stereocenters. The summed E-state index contributed by atoms with van der Waals surface area (Å²) < 4.78 is 1.75. The number of fused-ring (bicyclic) bond motifs is 1. The third kappa shape index (κ3) is 3.11. The second kappa shape index (κ2) is 6.16. The van der Waals surface area contributed by atoms with E-state index in [4.69, 9.17) is 11.6 Å². The van der Waals surface area contributed by atoms with Crippen molar-refractivity contribution in [2.75, 3.05) is 19.6 Å². The Kier molecular flexibility index (Phi) is 4.27. The van der Waals surface area contributed by atoms with Gasteiger partial charge in [-0.1, -0.05) is 18.5 Å². The van der Waals surface area contributed by atoms with Gasteiger partial charge in [0.15, 0.2) is 0 Å². The number of aromatic nitrogens is 2. The topological polar surface area (TPSA) is 38.1 Å². The van der Waals surface area contributed by atoms with Gasteiger partial charge in [0, 0.05) is 18.1 Å². The normalized spacial score (nSPS) is 19.4. The molecule has 21 heavy (non-hydrogen) atoms. The summed E-state index contributed by atoms with van der Waals surface area (Å²) in [6.45, 7) is 6.34. The number of hydrogen-bond acceptors (Lipinski definition) is 3. The number of halogens is 1. The Bertz CT molecular complexity index is 697. The SMILES string of the molecule is CCCN1CCC(Cn2cnc3cc(Cl)ccc3c2=O)C1. The largest absolute Gasteiger partial charge is 0.303 e. The number of likely N-dealkylation sites (tertiary alicyclic amines) is 1. The summed E-state index contributed by atoms with van der Waals surface area (Å²) in [5, 5.41) is 1.25. The van der Waals surface area contributed by atoms with Gasteiger partial charge in [-0.2, -0.15) is 0 Å². The Labute approximate surface area is 129 Å². The average molecular weight is 306 g/mol. The van der Waals surface area contributed by atoms with Crippen molar-refractivity contribution in [1.82, 2.24) is 14.5 Å². The van der Waals surface area contributed by atoms with Gasteiger partial charge >= 0.3 is 0 Å². The molecule has 5 heteroatoms. The molecule has 1 aromatic carbocycles. The number of rotatable bonds is 4. The van der Waals surface area contributed by atoms with E-state index >= 15 is 0 Å². The monoisotopic (exact) mass is 305 g/mol. The first-order chi connectivity index (χ1) is 10.2. The fourth-order valence-electron chi connectivity index (χ4n) is 3.12. The molecule has 0 spiro atoms. The van der Waals surface area contributed by atoms with E-state index in [1.54, 1.807) is 29.1 Å². The van der Waals surface area contributed by atoms with Crippen molar-refractivity contribution < 1.29 is 0 Å². The van der Waals surface area contributed by atoms with E-state index in [1.165, 1.54) is 6.42 Å². The molecule has 2 aromatic rings. The van der Waals surface area contributed by atoms with Crippen molar-refractivity contribution in [1.29, 1.82) is 0 Å². The molecule has 1 aliphatic rings. The first kappa shape index (κ1) is 14.5. The van der Waals surface area contributed by atoms with Crippen LogP contribution in [0.15, 0.2) is 29.3 Å². The molecule has 1 fully saturated rings. The van der Waals surface area contributed by atoms with E-state index in [9.17, 15) is 4.79 Å². The summed E-state index contributed by atoms with van der Waals surface area (Å²) in [4.78, 5) is 19.3. The lowest BCUT2D eigenvalue weighted by atomic mass is 10.1. The van der Waals surface area contributed by atoms with Crippen LogP contribution in [0.2, 0.25) is 5.02 Å². The first-order valence-corrected chi connectivity index (χ1v) is 7.92. The highest BCUT2D eigenvalue weighted by atomic mass is 35.5. The molecule has 0 radical (unpaired) electrons. The molecule has 0 saturated carbocycles. The number of benzene rings is 1. The van der Waals surface area contributed by atoms with Crippen molar-refractivity contribution in [2.45, 2.75) is 26.3 Å². The van der Waals surface area contributed by atoms with Crippen LogP contribution in [0.3, 0.4) is 0 Å². The Balaban J connectivity index is 1.80. The van der Waals surface area contributed by atoms with E-state index in [1.807, 2.05) is 0 Å². The van der Waals surface area contributed by atoms with Crippen LogP contribution in [0.4, 0.5) is 0 Å².